The van der Waals surface area contributed by atoms with E-state index < -0.39 is 11.8 Å². The number of carbonyl (C=O) groups is 2. The second-order valence-corrected chi connectivity index (χ2v) is 6.77. The molecule has 2 aliphatic heterocycles. The zero-order valence-electron chi connectivity index (χ0n) is 14.2. The van der Waals surface area contributed by atoms with Crippen LogP contribution in [0.3, 0.4) is 0 Å². The smallest absolute Gasteiger partial charge is 0.278 e. The highest BCUT2D eigenvalue weighted by atomic mass is 35.5. The first kappa shape index (κ1) is 17.7. The SMILES string of the molecule is CCN1C(=O)C(Nc2ccc3c(c2)OCO3)=C(c2ccc(Cl)cc2Cl)C1=O. The Morgan fingerprint density at radius 1 is 1.04 bits per heavy atom. The summed E-state index contributed by atoms with van der Waals surface area (Å²) in [7, 11) is 0. The fourth-order valence-corrected chi connectivity index (χ4v) is 3.54. The van der Waals surface area contributed by atoms with Crippen molar-refractivity contribution in [2.24, 2.45) is 0 Å². The molecule has 0 saturated carbocycles. The van der Waals surface area contributed by atoms with Crippen molar-refractivity contribution >= 4 is 46.3 Å². The molecule has 0 saturated heterocycles. The summed E-state index contributed by atoms with van der Waals surface area (Å²) < 4.78 is 10.7. The number of likely N-dealkylation sites (N-methyl/N-ethyl adjacent to an activating group) is 1. The number of hydrogen-bond donors (Lipinski definition) is 1. The van der Waals surface area contributed by atoms with Crippen LogP contribution >= 0.6 is 23.2 Å². The Morgan fingerprint density at radius 2 is 1.81 bits per heavy atom. The van der Waals surface area contributed by atoms with Crippen molar-refractivity contribution in [1.29, 1.82) is 0 Å². The summed E-state index contributed by atoms with van der Waals surface area (Å²) >= 11 is 12.3. The number of ether oxygens (including phenoxy) is 2. The summed E-state index contributed by atoms with van der Waals surface area (Å²) in [6.45, 7) is 2.13. The van der Waals surface area contributed by atoms with Gasteiger partial charge < -0.3 is 14.8 Å². The maximum Gasteiger partial charge on any atom is 0.278 e. The van der Waals surface area contributed by atoms with Gasteiger partial charge in [0, 0.05) is 28.9 Å². The molecule has 0 atom stereocenters. The molecule has 0 spiro atoms. The van der Waals surface area contributed by atoms with Gasteiger partial charge in [-0.3, -0.25) is 14.5 Å². The maximum absolute atomic E-state index is 12.8. The predicted octanol–water partition coefficient (Wildman–Crippen LogP) is 3.93. The van der Waals surface area contributed by atoms with E-state index in [2.05, 4.69) is 5.32 Å². The first-order valence-electron chi connectivity index (χ1n) is 8.22. The van der Waals surface area contributed by atoms with E-state index in [1.54, 1.807) is 37.3 Å². The van der Waals surface area contributed by atoms with Crippen LogP contribution in [-0.2, 0) is 9.59 Å². The highest BCUT2D eigenvalue weighted by molar-refractivity contribution is 6.41. The molecular weight excluding hydrogens is 391 g/mol. The Morgan fingerprint density at radius 3 is 2.56 bits per heavy atom. The summed E-state index contributed by atoms with van der Waals surface area (Å²) in [5, 5.41) is 3.78. The number of benzene rings is 2. The number of anilines is 1. The molecular formula is C19H14Cl2N2O4. The molecule has 2 aromatic carbocycles. The van der Waals surface area contributed by atoms with E-state index in [4.69, 9.17) is 32.7 Å². The molecule has 4 rings (SSSR count). The van der Waals surface area contributed by atoms with Crippen LogP contribution in [0.1, 0.15) is 12.5 Å². The zero-order chi connectivity index (χ0) is 19.1. The van der Waals surface area contributed by atoms with Crippen LogP contribution in [-0.4, -0.2) is 30.1 Å². The van der Waals surface area contributed by atoms with E-state index in [0.29, 0.717) is 32.8 Å². The van der Waals surface area contributed by atoms with Crippen LogP contribution in [0.25, 0.3) is 5.57 Å². The van der Waals surface area contributed by atoms with E-state index in [9.17, 15) is 9.59 Å². The molecule has 0 unspecified atom stereocenters. The Balaban J connectivity index is 1.80. The number of fused-ring (bicyclic) bond motifs is 1. The summed E-state index contributed by atoms with van der Waals surface area (Å²) in [6.07, 6.45) is 0. The van der Waals surface area contributed by atoms with Crippen molar-refractivity contribution in [1.82, 2.24) is 4.90 Å². The van der Waals surface area contributed by atoms with Crippen molar-refractivity contribution in [3.05, 3.63) is 57.7 Å². The second-order valence-electron chi connectivity index (χ2n) is 5.92. The number of carbonyl (C=O) groups excluding carboxylic acids is 2. The Hall–Kier alpha value is -2.70. The van der Waals surface area contributed by atoms with Gasteiger partial charge in [-0.25, -0.2) is 0 Å². The third-order valence-corrected chi connectivity index (χ3v) is 4.87. The summed E-state index contributed by atoms with van der Waals surface area (Å²) in [4.78, 5) is 26.8. The minimum absolute atomic E-state index is 0.147. The molecule has 8 heteroatoms. The van der Waals surface area contributed by atoms with Crippen LogP contribution in [0.15, 0.2) is 42.1 Å². The van der Waals surface area contributed by atoms with Gasteiger partial charge in [0.15, 0.2) is 11.5 Å². The molecule has 0 aromatic heterocycles. The molecule has 0 radical (unpaired) electrons. The van der Waals surface area contributed by atoms with Gasteiger partial charge in [-0.15, -0.1) is 0 Å². The molecule has 6 nitrogen and oxygen atoms in total. The quantitative estimate of drug-likeness (QED) is 0.781. The fourth-order valence-electron chi connectivity index (χ4n) is 3.04. The van der Waals surface area contributed by atoms with Gasteiger partial charge in [-0.2, -0.15) is 0 Å². The second kappa shape index (κ2) is 6.79. The monoisotopic (exact) mass is 404 g/mol. The summed E-state index contributed by atoms with van der Waals surface area (Å²) in [5.41, 5.74) is 1.40. The van der Waals surface area contributed by atoms with Crippen molar-refractivity contribution in [3.63, 3.8) is 0 Å². The van der Waals surface area contributed by atoms with Crippen LogP contribution < -0.4 is 14.8 Å². The Labute approximate surface area is 165 Å². The highest BCUT2D eigenvalue weighted by Crippen LogP contribution is 2.38. The van der Waals surface area contributed by atoms with Gasteiger partial charge in [-0.1, -0.05) is 29.3 Å². The minimum atomic E-state index is -0.416. The van der Waals surface area contributed by atoms with E-state index in [1.165, 1.54) is 6.07 Å². The Kier molecular flexibility index (Phi) is 4.45. The minimum Gasteiger partial charge on any atom is -0.454 e. The number of amides is 2. The lowest BCUT2D eigenvalue weighted by Gasteiger charge is -2.12. The van der Waals surface area contributed by atoms with Crippen molar-refractivity contribution in [2.45, 2.75) is 6.92 Å². The molecule has 2 amide bonds. The van der Waals surface area contributed by atoms with Crippen molar-refractivity contribution in [3.8, 4) is 11.5 Å². The topological polar surface area (TPSA) is 67.9 Å². The van der Waals surface area contributed by atoms with Crippen molar-refractivity contribution in [2.75, 3.05) is 18.7 Å². The van der Waals surface area contributed by atoms with Gasteiger partial charge in [0.1, 0.15) is 5.70 Å². The van der Waals surface area contributed by atoms with Gasteiger partial charge in [0.2, 0.25) is 6.79 Å². The summed E-state index contributed by atoms with van der Waals surface area (Å²) in [5.74, 6) is 0.367. The highest BCUT2D eigenvalue weighted by Gasteiger charge is 2.39. The fraction of sp³-hybridized carbons (Fsp3) is 0.158. The molecule has 0 bridgehead atoms. The average Bonchev–Trinajstić information content (AvgIpc) is 3.19. The van der Waals surface area contributed by atoms with Crippen LogP contribution in [0.2, 0.25) is 10.0 Å². The van der Waals surface area contributed by atoms with E-state index in [-0.39, 0.29) is 24.6 Å². The number of halogens is 2. The van der Waals surface area contributed by atoms with Gasteiger partial charge in [0.25, 0.3) is 11.8 Å². The largest absolute Gasteiger partial charge is 0.454 e. The van der Waals surface area contributed by atoms with Gasteiger partial charge in [0.05, 0.1) is 10.6 Å². The zero-order valence-corrected chi connectivity index (χ0v) is 15.7. The van der Waals surface area contributed by atoms with Gasteiger partial charge in [-0.05, 0) is 31.2 Å². The maximum atomic E-state index is 12.8. The van der Waals surface area contributed by atoms with Crippen LogP contribution in [0.4, 0.5) is 5.69 Å². The lowest BCUT2D eigenvalue weighted by Crippen LogP contribution is -2.32. The molecule has 0 aliphatic carbocycles. The molecule has 2 aliphatic rings. The van der Waals surface area contributed by atoms with E-state index in [0.717, 1.165) is 4.90 Å². The predicted molar refractivity (Wildman–Crippen MR) is 102 cm³/mol. The standard InChI is InChI=1S/C19H14Cl2N2O4/c1-2-23-18(24)16(12-5-3-10(20)7-13(12)21)17(19(23)25)22-11-4-6-14-15(8-11)27-9-26-14/h3-8,22H,2,9H2,1H3. The van der Waals surface area contributed by atoms with Gasteiger partial charge >= 0.3 is 0 Å². The van der Waals surface area contributed by atoms with Crippen molar-refractivity contribution < 1.29 is 19.1 Å². The number of nitrogens with zero attached hydrogens (tertiary/aromatic N) is 1. The van der Waals surface area contributed by atoms with Crippen LogP contribution in [0, 0.1) is 0 Å². The number of rotatable bonds is 4. The Bertz CT molecular complexity index is 1000. The lowest BCUT2D eigenvalue weighted by molar-refractivity contribution is -0.136. The first-order chi connectivity index (χ1) is 13.0. The van der Waals surface area contributed by atoms with E-state index in [1.807, 2.05) is 0 Å². The molecule has 0 fully saturated rings. The molecule has 1 N–H and O–H groups in total. The normalized spacial score (nSPS) is 15.7. The molecule has 2 heterocycles. The molecule has 138 valence electrons. The number of imide groups is 1. The number of nitrogens with one attached hydrogen (secondary N) is 1. The lowest BCUT2D eigenvalue weighted by atomic mass is 10.0. The molecule has 27 heavy (non-hydrogen) atoms. The first-order valence-corrected chi connectivity index (χ1v) is 8.97. The third-order valence-electron chi connectivity index (χ3n) is 4.33. The third kappa shape index (κ3) is 3.01. The summed E-state index contributed by atoms with van der Waals surface area (Å²) in [6, 6.07) is 9.98. The number of hydrogen-bond acceptors (Lipinski definition) is 5. The average molecular weight is 405 g/mol. The van der Waals surface area contributed by atoms with E-state index >= 15 is 0 Å². The molecule has 2 aromatic rings. The van der Waals surface area contributed by atoms with Crippen LogP contribution in [0.5, 0.6) is 11.5 Å².